The molecule has 14 heavy (non-hydrogen) atoms. The van der Waals surface area contributed by atoms with Crippen LogP contribution in [-0.4, -0.2) is 27.7 Å². The lowest BCUT2D eigenvalue weighted by atomic mass is 10.2. The number of thioether (sulfide) groups is 1. The van der Waals surface area contributed by atoms with Gasteiger partial charge in [-0.05, 0) is 31.4 Å². The van der Waals surface area contributed by atoms with Gasteiger partial charge in [0.2, 0.25) is 0 Å². The summed E-state index contributed by atoms with van der Waals surface area (Å²) in [6, 6.07) is 0. The van der Waals surface area contributed by atoms with Crippen LogP contribution >= 0.6 is 23.4 Å². The molecule has 0 aromatic carbocycles. The number of nitrogens with zero attached hydrogens (tertiary/aromatic N) is 2. The van der Waals surface area contributed by atoms with Crippen molar-refractivity contribution < 1.29 is 5.11 Å². The van der Waals surface area contributed by atoms with Crippen LogP contribution in [-0.2, 0) is 0 Å². The smallest absolute Gasteiger partial charge is 0.154 e. The van der Waals surface area contributed by atoms with E-state index in [9.17, 15) is 0 Å². The van der Waals surface area contributed by atoms with Crippen molar-refractivity contribution >= 4 is 23.4 Å². The highest BCUT2D eigenvalue weighted by atomic mass is 35.5. The van der Waals surface area contributed by atoms with Gasteiger partial charge in [-0.2, -0.15) is 0 Å². The lowest BCUT2D eigenvalue weighted by molar-refractivity contribution is 0.296. The van der Waals surface area contributed by atoms with Crippen molar-refractivity contribution in [3.05, 3.63) is 16.3 Å². The van der Waals surface area contributed by atoms with Crippen LogP contribution in [0, 0.1) is 13.8 Å². The van der Waals surface area contributed by atoms with E-state index in [0.29, 0.717) is 5.15 Å². The fourth-order valence-electron chi connectivity index (χ4n) is 0.925. The van der Waals surface area contributed by atoms with Crippen LogP contribution in [0.3, 0.4) is 0 Å². The third-order valence-electron chi connectivity index (χ3n) is 1.96. The Morgan fingerprint density at radius 3 is 2.64 bits per heavy atom. The monoisotopic (exact) mass is 232 g/mol. The van der Waals surface area contributed by atoms with Gasteiger partial charge < -0.3 is 5.11 Å². The lowest BCUT2D eigenvalue weighted by Crippen LogP contribution is -1.96. The highest BCUT2D eigenvalue weighted by Crippen LogP contribution is 2.25. The third-order valence-corrected chi connectivity index (χ3v) is 3.48. The first-order valence-electron chi connectivity index (χ1n) is 4.40. The molecule has 0 aliphatic rings. The summed E-state index contributed by atoms with van der Waals surface area (Å²) in [6.07, 6.45) is 0.771. The zero-order valence-electron chi connectivity index (χ0n) is 8.25. The largest absolute Gasteiger partial charge is 0.396 e. The van der Waals surface area contributed by atoms with Gasteiger partial charge in [0, 0.05) is 12.4 Å². The molecule has 1 aromatic heterocycles. The summed E-state index contributed by atoms with van der Waals surface area (Å²) in [5.74, 6) is 0.854. The second-order valence-electron chi connectivity index (χ2n) is 2.97. The van der Waals surface area contributed by atoms with Crippen LogP contribution in [0.2, 0.25) is 5.15 Å². The summed E-state index contributed by atoms with van der Waals surface area (Å²) in [6.45, 7) is 4.13. The average Bonchev–Trinajstić information content (AvgIpc) is 2.18. The van der Waals surface area contributed by atoms with Gasteiger partial charge in [-0.1, -0.05) is 11.6 Å². The van der Waals surface area contributed by atoms with Crippen LogP contribution in [0.4, 0.5) is 0 Å². The summed E-state index contributed by atoms with van der Waals surface area (Å²) in [5.41, 5.74) is 2.06. The summed E-state index contributed by atoms with van der Waals surface area (Å²) < 4.78 is 0. The number of aliphatic hydroxyl groups is 1. The molecule has 0 aliphatic heterocycles. The van der Waals surface area contributed by atoms with Gasteiger partial charge >= 0.3 is 0 Å². The Hall–Kier alpha value is -0.320. The minimum atomic E-state index is 0.214. The zero-order valence-corrected chi connectivity index (χ0v) is 9.82. The Balaban J connectivity index is 2.73. The first-order chi connectivity index (χ1) is 6.66. The number of halogens is 1. The Labute approximate surface area is 92.9 Å². The number of aliphatic hydroxyl groups excluding tert-OH is 1. The normalized spacial score (nSPS) is 10.6. The molecule has 0 saturated carbocycles. The summed E-state index contributed by atoms with van der Waals surface area (Å²) >= 11 is 7.43. The molecular formula is C9H13ClN2OS. The molecule has 1 N–H and O–H groups in total. The molecule has 0 bridgehead atoms. The van der Waals surface area contributed by atoms with E-state index in [1.807, 2.05) is 13.8 Å². The Morgan fingerprint density at radius 1 is 1.29 bits per heavy atom. The zero-order chi connectivity index (χ0) is 10.6. The van der Waals surface area contributed by atoms with E-state index in [1.54, 1.807) is 11.8 Å². The molecule has 0 amide bonds. The Morgan fingerprint density at radius 2 is 2.00 bits per heavy atom. The van der Waals surface area contributed by atoms with Crippen LogP contribution in [0.1, 0.15) is 17.5 Å². The molecule has 1 heterocycles. The molecule has 0 saturated heterocycles. The topological polar surface area (TPSA) is 46.0 Å². The second-order valence-corrected chi connectivity index (χ2v) is 4.41. The van der Waals surface area contributed by atoms with Crippen molar-refractivity contribution in [2.75, 3.05) is 12.4 Å². The van der Waals surface area contributed by atoms with Gasteiger partial charge in [0.25, 0.3) is 0 Å². The van der Waals surface area contributed by atoms with E-state index in [0.717, 1.165) is 28.3 Å². The molecule has 0 aliphatic carbocycles. The van der Waals surface area contributed by atoms with Crippen LogP contribution in [0.5, 0.6) is 0 Å². The van der Waals surface area contributed by atoms with Gasteiger partial charge in [0.05, 0.1) is 0 Å². The average molecular weight is 233 g/mol. The maximum absolute atomic E-state index is 8.64. The van der Waals surface area contributed by atoms with Crippen LogP contribution in [0.15, 0.2) is 5.03 Å². The lowest BCUT2D eigenvalue weighted by Gasteiger charge is -2.06. The van der Waals surface area contributed by atoms with E-state index in [4.69, 9.17) is 16.7 Å². The maximum atomic E-state index is 8.64. The highest BCUT2D eigenvalue weighted by Gasteiger charge is 2.07. The molecule has 1 rings (SSSR count). The predicted octanol–water partition coefficient (Wildman–Crippen LogP) is 2.22. The van der Waals surface area contributed by atoms with Crippen LogP contribution < -0.4 is 0 Å². The Bertz CT molecular complexity index is 320. The molecule has 78 valence electrons. The molecule has 1 aromatic rings. The second kappa shape index (κ2) is 5.53. The third kappa shape index (κ3) is 2.83. The first kappa shape index (κ1) is 11.8. The number of hydrogen-bond acceptors (Lipinski definition) is 4. The Kier molecular flexibility index (Phi) is 4.65. The van der Waals surface area contributed by atoms with Crippen LogP contribution in [0.25, 0.3) is 0 Å². The number of hydrogen-bond donors (Lipinski definition) is 1. The van der Waals surface area contributed by atoms with Gasteiger partial charge in [-0.3, -0.25) is 0 Å². The van der Waals surface area contributed by atoms with Crippen molar-refractivity contribution in [2.24, 2.45) is 0 Å². The van der Waals surface area contributed by atoms with Gasteiger partial charge in [-0.15, -0.1) is 22.0 Å². The standard InChI is InChI=1S/C9H13ClN2OS/c1-6-7(2)9(12-11-8(6)10)14-5-3-4-13/h13H,3-5H2,1-2H3. The highest BCUT2D eigenvalue weighted by molar-refractivity contribution is 7.99. The number of aromatic nitrogens is 2. The van der Waals surface area contributed by atoms with Gasteiger partial charge in [0.15, 0.2) is 5.15 Å². The van der Waals surface area contributed by atoms with E-state index < -0.39 is 0 Å². The summed E-state index contributed by atoms with van der Waals surface area (Å²) in [5, 5.41) is 17.9. The van der Waals surface area contributed by atoms with Gasteiger partial charge in [-0.25, -0.2) is 0 Å². The molecule has 0 unspecified atom stereocenters. The molecule has 0 fully saturated rings. The summed E-state index contributed by atoms with van der Waals surface area (Å²) in [4.78, 5) is 0. The molecule has 3 nitrogen and oxygen atoms in total. The molecule has 0 spiro atoms. The molecule has 5 heteroatoms. The van der Waals surface area contributed by atoms with E-state index in [-0.39, 0.29) is 6.61 Å². The number of rotatable bonds is 4. The summed E-state index contributed by atoms with van der Waals surface area (Å²) in [7, 11) is 0. The maximum Gasteiger partial charge on any atom is 0.154 e. The minimum absolute atomic E-state index is 0.214. The fraction of sp³-hybridized carbons (Fsp3) is 0.556. The quantitative estimate of drug-likeness (QED) is 0.639. The van der Waals surface area contributed by atoms with Crippen molar-refractivity contribution in [1.82, 2.24) is 10.2 Å². The van der Waals surface area contributed by atoms with E-state index >= 15 is 0 Å². The molecule has 0 atom stereocenters. The molecule has 0 radical (unpaired) electrons. The predicted molar refractivity (Wildman–Crippen MR) is 58.9 cm³/mol. The van der Waals surface area contributed by atoms with Gasteiger partial charge in [0.1, 0.15) is 5.03 Å². The van der Waals surface area contributed by atoms with Crippen molar-refractivity contribution in [1.29, 1.82) is 0 Å². The van der Waals surface area contributed by atoms with Crippen molar-refractivity contribution in [3.63, 3.8) is 0 Å². The minimum Gasteiger partial charge on any atom is -0.396 e. The molecular weight excluding hydrogens is 220 g/mol. The van der Waals surface area contributed by atoms with E-state index in [1.165, 1.54) is 0 Å². The SMILES string of the molecule is Cc1c(Cl)nnc(SCCCO)c1C. The van der Waals surface area contributed by atoms with Crippen molar-refractivity contribution in [2.45, 2.75) is 25.3 Å². The van der Waals surface area contributed by atoms with Crippen molar-refractivity contribution in [3.8, 4) is 0 Å². The fourth-order valence-corrected chi connectivity index (χ4v) is 2.04. The first-order valence-corrected chi connectivity index (χ1v) is 5.76. The van der Waals surface area contributed by atoms with E-state index in [2.05, 4.69) is 10.2 Å².